The maximum absolute atomic E-state index is 13.4. The molecule has 0 aromatic heterocycles. The lowest BCUT2D eigenvalue weighted by Crippen LogP contribution is -2.39. The van der Waals surface area contributed by atoms with Crippen molar-refractivity contribution in [1.82, 2.24) is 0 Å². The van der Waals surface area contributed by atoms with Crippen molar-refractivity contribution < 1.29 is 22.3 Å². The van der Waals surface area contributed by atoms with Crippen molar-refractivity contribution in [1.29, 1.82) is 0 Å². The summed E-state index contributed by atoms with van der Waals surface area (Å²) in [5, 5.41) is 0. The number of alkyl halides is 3. The van der Waals surface area contributed by atoms with E-state index < -0.39 is 29.9 Å². The number of hydrogen-bond acceptors (Lipinski definition) is 2. The van der Waals surface area contributed by atoms with Crippen molar-refractivity contribution in [2.45, 2.75) is 37.9 Å². The minimum Gasteiger partial charge on any atom is -0.496 e. The highest BCUT2D eigenvalue weighted by molar-refractivity contribution is 5.37. The van der Waals surface area contributed by atoms with Gasteiger partial charge in [0.25, 0.3) is 0 Å². The number of ether oxygens (including phenoxy) is 1. The molecule has 1 aromatic rings. The van der Waals surface area contributed by atoms with E-state index in [0.29, 0.717) is 30.6 Å². The Balaban J connectivity index is 2.33. The highest BCUT2D eigenvalue weighted by Gasteiger charge is 2.47. The third-order valence-corrected chi connectivity index (χ3v) is 4.25. The van der Waals surface area contributed by atoms with Crippen LogP contribution in [0, 0.1) is 17.7 Å². The van der Waals surface area contributed by atoms with Gasteiger partial charge in [0.15, 0.2) is 0 Å². The molecule has 1 aliphatic rings. The van der Waals surface area contributed by atoms with Crippen molar-refractivity contribution in [3.8, 4) is 5.75 Å². The van der Waals surface area contributed by atoms with Gasteiger partial charge < -0.3 is 10.5 Å². The van der Waals surface area contributed by atoms with Gasteiger partial charge in [0.1, 0.15) is 11.6 Å². The van der Waals surface area contributed by atoms with Crippen molar-refractivity contribution in [3.63, 3.8) is 0 Å². The van der Waals surface area contributed by atoms with Crippen molar-refractivity contribution in [2.75, 3.05) is 7.11 Å². The maximum atomic E-state index is 13.4. The first-order valence-corrected chi connectivity index (χ1v) is 7.00. The Morgan fingerprint density at radius 1 is 1.24 bits per heavy atom. The van der Waals surface area contributed by atoms with Gasteiger partial charge in [-0.15, -0.1) is 0 Å². The Hall–Kier alpha value is -1.30. The van der Waals surface area contributed by atoms with Crippen LogP contribution in [-0.4, -0.2) is 13.3 Å². The zero-order valence-corrected chi connectivity index (χ0v) is 11.8. The van der Waals surface area contributed by atoms with E-state index in [1.165, 1.54) is 25.3 Å². The second kappa shape index (κ2) is 6.22. The average molecular weight is 305 g/mol. The molecule has 1 saturated carbocycles. The topological polar surface area (TPSA) is 35.2 Å². The molecule has 0 heterocycles. The Bertz CT molecular complexity index is 489. The SMILES string of the molecule is COc1ccc(F)cc1C(N)C1CCCCC1C(F)(F)F. The van der Waals surface area contributed by atoms with Gasteiger partial charge in [0, 0.05) is 11.6 Å². The number of rotatable bonds is 3. The molecule has 1 aromatic carbocycles. The van der Waals surface area contributed by atoms with Crippen LogP contribution in [0.1, 0.15) is 37.3 Å². The lowest BCUT2D eigenvalue weighted by Gasteiger charge is -2.37. The molecule has 0 spiro atoms. The molecule has 2 nitrogen and oxygen atoms in total. The van der Waals surface area contributed by atoms with Gasteiger partial charge in [0.05, 0.1) is 13.0 Å². The fourth-order valence-electron chi connectivity index (χ4n) is 3.19. The molecular formula is C15H19F4NO. The summed E-state index contributed by atoms with van der Waals surface area (Å²) >= 11 is 0. The van der Waals surface area contributed by atoms with Gasteiger partial charge in [-0.3, -0.25) is 0 Å². The molecule has 2 N–H and O–H groups in total. The molecule has 2 rings (SSSR count). The van der Waals surface area contributed by atoms with Crippen LogP contribution < -0.4 is 10.5 Å². The van der Waals surface area contributed by atoms with Gasteiger partial charge in [-0.25, -0.2) is 4.39 Å². The molecule has 6 heteroatoms. The number of benzene rings is 1. The lowest BCUT2D eigenvalue weighted by atomic mass is 9.73. The maximum Gasteiger partial charge on any atom is 0.392 e. The highest BCUT2D eigenvalue weighted by atomic mass is 19.4. The van der Waals surface area contributed by atoms with Crippen molar-refractivity contribution in [3.05, 3.63) is 29.6 Å². The van der Waals surface area contributed by atoms with Gasteiger partial charge in [-0.05, 0) is 37.0 Å². The molecule has 1 aliphatic carbocycles. The smallest absolute Gasteiger partial charge is 0.392 e. The fraction of sp³-hybridized carbons (Fsp3) is 0.600. The summed E-state index contributed by atoms with van der Waals surface area (Å²) in [5.41, 5.74) is 6.36. The fourth-order valence-corrected chi connectivity index (χ4v) is 3.19. The summed E-state index contributed by atoms with van der Waals surface area (Å²) in [4.78, 5) is 0. The Morgan fingerprint density at radius 2 is 1.90 bits per heavy atom. The molecular weight excluding hydrogens is 286 g/mol. The summed E-state index contributed by atoms with van der Waals surface area (Å²) in [5.74, 6) is -2.38. The van der Waals surface area contributed by atoms with E-state index in [4.69, 9.17) is 10.5 Å². The van der Waals surface area contributed by atoms with Crippen molar-refractivity contribution >= 4 is 0 Å². The number of methoxy groups -OCH3 is 1. The molecule has 0 amide bonds. The number of halogens is 4. The molecule has 0 bridgehead atoms. The van der Waals surface area contributed by atoms with E-state index >= 15 is 0 Å². The van der Waals surface area contributed by atoms with Gasteiger partial charge in [-0.1, -0.05) is 12.8 Å². The molecule has 118 valence electrons. The standard InChI is InChI=1S/C15H19F4NO/c1-21-13-7-6-9(16)8-11(13)14(20)10-4-2-3-5-12(10)15(17,18)19/h6-8,10,12,14H,2-5,20H2,1H3. The minimum absolute atomic E-state index is 0.0828. The predicted molar refractivity (Wildman–Crippen MR) is 71.4 cm³/mol. The van der Waals surface area contributed by atoms with Crippen LogP contribution in [-0.2, 0) is 0 Å². The van der Waals surface area contributed by atoms with E-state index in [0.717, 1.165) is 0 Å². The Kier molecular flexibility index (Phi) is 4.76. The molecule has 21 heavy (non-hydrogen) atoms. The van der Waals surface area contributed by atoms with Gasteiger partial charge >= 0.3 is 6.18 Å². The summed E-state index contributed by atoms with van der Waals surface area (Å²) < 4.78 is 58.0. The van der Waals surface area contributed by atoms with Crippen LogP contribution >= 0.6 is 0 Å². The second-order valence-corrected chi connectivity index (χ2v) is 5.51. The van der Waals surface area contributed by atoms with E-state index in [1.54, 1.807) is 0 Å². The van der Waals surface area contributed by atoms with Crippen LogP contribution in [0.5, 0.6) is 5.75 Å². The van der Waals surface area contributed by atoms with E-state index in [1.807, 2.05) is 0 Å². The first-order chi connectivity index (χ1) is 9.84. The molecule has 0 saturated heterocycles. The van der Waals surface area contributed by atoms with Crippen LogP contribution in [0.15, 0.2) is 18.2 Å². The Labute approximate surface area is 121 Å². The lowest BCUT2D eigenvalue weighted by molar-refractivity contribution is -0.198. The second-order valence-electron chi connectivity index (χ2n) is 5.51. The van der Waals surface area contributed by atoms with Crippen LogP contribution in [0.2, 0.25) is 0 Å². The van der Waals surface area contributed by atoms with Crippen LogP contribution in [0.25, 0.3) is 0 Å². The first kappa shape index (κ1) is 16.1. The Morgan fingerprint density at radius 3 is 2.52 bits per heavy atom. The first-order valence-electron chi connectivity index (χ1n) is 7.00. The van der Waals surface area contributed by atoms with Crippen molar-refractivity contribution in [2.24, 2.45) is 17.6 Å². The average Bonchev–Trinajstić information content (AvgIpc) is 2.45. The molecule has 1 fully saturated rings. The van der Waals surface area contributed by atoms with E-state index in [9.17, 15) is 17.6 Å². The summed E-state index contributed by atoms with van der Waals surface area (Å²) in [6.45, 7) is 0. The third-order valence-electron chi connectivity index (χ3n) is 4.25. The summed E-state index contributed by atoms with van der Waals surface area (Å²) in [6, 6.07) is 2.89. The monoisotopic (exact) mass is 305 g/mol. The molecule has 3 unspecified atom stereocenters. The van der Waals surface area contributed by atoms with Gasteiger partial charge in [-0.2, -0.15) is 13.2 Å². The van der Waals surface area contributed by atoms with Crippen LogP contribution in [0.4, 0.5) is 17.6 Å². The van der Waals surface area contributed by atoms with Crippen LogP contribution in [0.3, 0.4) is 0 Å². The molecule has 0 aliphatic heterocycles. The quantitative estimate of drug-likeness (QED) is 0.849. The predicted octanol–water partition coefficient (Wildman–Crippen LogP) is 4.20. The molecule has 3 atom stereocenters. The zero-order valence-electron chi connectivity index (χ0n) is 11.8. The highest BCUT2D eigenvalue weighted by Crippen LogP contribution is 2.46. The van der Waals surface area contributed by atoms with E-state index in [2.05, 4.69) is 0 Å². The number of nitrogens with two attached hydrogens (primary N) is 1. The third kappa shape index (κ3) is 3.48. The number of hydrogen-bond donors (Lipinski definition) is 1. The summed E-state index contributed by atoms with van der Waals surface area (Å²) in [6.07, 6.45) is -2.54. The zero-order chi connectivity index (χ0) is 15.6. The van der Waals surface area contributed by atoms with Gasteiger partial charge in [0.2, 0.25) is 0 Å². The minimum atomic E-state index is -4.27. The largest absolute Gasteiger partial charge is 0.496 e. The normalized spacial score (nSPS) is 24.7. The summed E-state index contributed by atoms with van der Waals surface area (Å²) in [7, 11) is 1.39. The van der Waals surface area contributed by atoms with E-state index in [-0.39, 0.29) is 6.42 Å². The molecule has 0 radical (unpaired) electrons.